The fourth-order valence-electron chi connectivity index (χ4n) is 1.92. The highest BCUT2D eigenvalue weighted by Crippen LogP contribution is 2.33. The molecule has 0 heterocycles. The summed E-state index contributed by atoms with van der Waals surface area (Å²) in [6, 6.07) is 3.91. The van der Waals surface area contributed by atoms with Crippen LogP contribution in [0.15, 0.2) is 18.2 Å². The lowest BCUT2D eigenvalue weighted by Crippen LogP contribution is -2.31. The van der Waals surface area contributed by atoms with E-state index in [0.29, 0.717) is 11.1 Å². The number of benzene rings is 1. The van der Waals surface area contributed by atoms with Crippen LogP contribution in [0.1, 0.15) is 31.4 Å². The SMILES string of the molecule is Cc1ccc(F)cc1C(C)(C)CC(=O)C(F)(F)F. The van der Waals surface area contributed by atoms with E-state index in [-0.39, 0.29) is 0 Å². The number of carbonyl (C=O) groups excluding carboxylic acids is 1. The predicted octanol–water partition coefficient (Wildman–Crippen LogP) is 3.93. The molecule has 0 aliphatic heterocycles. The van der Waals surface area contributed by atoms with Crippen molar-refractivity contribution in [2.75, 3.05) is 0 Å². The standard InChI is InChI=1S/C13H14F4O/c1-8-4-5-9(14)6-10(8)12(2,3)7-11(18)13(15,16)17/h4-6H,7H2,1-3H3. The molecule has 5 heteroatoms. The lowest BCUT2D eigenvalue weighted by atomic mass is 9.78. The number of aryl methyl sites for hydroxylation is 1. The van der Waals surface area contributed by atoms with E-state index in [0.717, 1.165) is 0 Å². The molecule has 0 aliphatic carbocycles. The molecule has 1 nitrogen and oxygen atoms in total. The molecule has 0 aliphatic rings. The molecule has 18 heavy (non-hydrogen) atoms. The van der Waals surface area contributed by atoms with E-state index in [9.17, 15) is 22.4 Å². The molecule has 1 aromatic carbocycles. The Morgan fingerprint density at radius 3 is 2.28 bits per heavy atom. The molecule has 0 N–H and O–H groups in total. The average Bonchev–Trinajstić information content (AvgIpc) is 2.19. The van der Waals surface area contributed by atoms with Crippen LogP contribution in [0.5, 0.6) is 0 Å². The number of hydrogen-bond acceptors (Lipinski definition) is 1. The van der Waals surface area contributed by atoms with Crippen LogP contribution in [-0.4, -0.2) is 12.0 Å². The Labute approximate surface area is 103 Å². The monoisotopic (exact) mass is 262 g/mol. The third kappa shape index (κ3) is 3.31. The van der Waals surface area contributed by atoms with Gasteiger partial charge < -0.3 is 0 Å². The summed E-state index contributed by atoms with van der Waals surface area (Å²) >= 11 is 0. The smallest absolute Gasteiger partial charge is 0.290 e. The average molecular weight is 262 g/mol. The van der Waals surface area contributed by atoms with E-state index in [4.69, 9.17) is 0 Å². The van der Waals surface area contributed by atoms with Gasteiger partial charge in [0, 0.05) is 6.42 Å². The van der Waals surface area contributed by atoms with Crippen molar-refractivity contribution in [3.05, 3.63) is 35.1 Å². The molecular weight excluding hydrogens is 248 g/mol. The number of halogens is 4. The first-order valence-corrected chi connectivity index (χ1v) is 5.41. The van der Waals surface area contributed by atoms with Crippen molar-refractivity contribution in [2.24, 2.45) is 0 Å². The van der Waals surface area contributed by atoms with Gasteiger partial charge in [-0.25, -0.2) is 4.39 Å². The number of hydrogen-bond donors (Lipinski definition) is 0. The molecule has 0 atom stereocenters. The lowest BCUT2D eigenvalue weighted by Gasteiger charge is -2.26. The zero-order valence-corrected chi connectivity index (χ0v) is 10.4. The third-order valence-corrected chi connectivity index (χ3v) is 2.85. The Morgan fingerprint density at radius 2 is 1.78 bits per heavy atom. The molecule has 0 amide bonds. The summed E-state index contributed by atoms with van der Waals surface area (Å²) in [5.74, 6) is -2.32. The highest BCUT2D eigenvalue weighted by atomic mass is 19.4. The fraction of sp³-hybridized carbons (Fsp3) is 0.462. The predicted molar refractivity (Wildman–Crippen MR) is 59.8 cm³/mol. The molecule has 1 aromatic rings. The number of ketones is 1. The topological polar surface area (TPSA) is 17.1 Å². The molecule has 1 rings (SSSR count). The van der Waals surface area contributed by atoms with Gasteiger partial charge in [-0.1, -0.05) is 19.9 Å². The maximum absolute atomic E-state index is 13.1. The summed E-state index contributed by atoms with van der Waals surface area (Å²) in [6.07, 6.45) is -5.54. The third-order valence-electron chi connectivity index (χ3n) is 2.85. The molecular formula is C13H14F4O. The summed E-state index contributed by atoms with van der Waals surface area (Å²) in [4.78, 5) is 11.0. The molecule has 0 spiro atoms. The Kier molecular flexibility index (Phi) is 3.84. The summed E-state index contributed by atoms with van der Waals surface area (Å²) < 4.78 is 49.9. The number of Topliss-reactive ketones (excluding diaryl/α,β-unsaturated/α-hetero) is 1. The second-order valence-electron chi connectivity index (χ2n) is 4.94. The fourth-order valence-corrected chi connectivity index (χ4v) is 1.92. The minimum absolute atomic E-state index is 0.417. The number of rotatable bonds is 3. The molecule has 0 fully saturated rings. The van der Waals surface area contributed by atoms with Gasteiger partial charge in [0.05, 0.1) is 0 Å². The Hall–Kier alpha value is -1.39. The van der Waals surface area contributed by atoms with Gasteiger partial charge in [-0.3, -0.25) is 4.79 Å². The Morgan fingerprint density at radius 1 is 1.22 bits per heavy atom. The maximum atomic E-state index is 13.1. The molecule has 0 radical (unpaired) electrons. The largest absolute Gasteiger partial charge is 0.450 e. The Bertz CT molecular complexity index is 461. The van der Waals surface area contributed by atoms with E-state index in [1.54, 1.807) is 6.92 Å². The van der Waals surface area contributed by atoms with Crippen LogP contribution in [0.25, 0.3) is 0 Å². The first kappa shape index (κ1) is 14.7. The van der Waals surface area contributed by atoms with Gasteiger partial charge in [-0.05, 0) is 35.6 Å². The van der Waals surface area contributed by atoms with Gasteiger partial charge in [0.2, 0.25) is 5.78 Å². The molecule has 0 saturated heterocycles. The van der Waals surface area contributed by atoms with Crippen LogP contribution < -0.4 is 0 Å². The summed E-state index contributed by atoms with van der Waals surface area (Å²) in [6.45, 7) is 4.67. The van der Waals surface area contributed by atoms with Gasteiger partial charge in [-0.2, -0.15) is 13.2 Å². The van der Waals surface area contributed by atoms with Crippen LogP contribution in [0.4, 0.5) is 17.6 Å². The van der Waals surface area contributed by atoms with Crippen LogP contribution in [-0.2, 0) is 10.2 Å². The van der Waals surface area contributed by atoms with Crippen LogP contribution in [0, 0.1) is 12.7 Å². The minimum atomic E-state index is -4.85. The van der Waals surface area contributed by atoms with Crippen molar-refractivity contribution < 1.29 is 22.4 Å². The molecule has 0 saturated carbocycles. The quantitative estimate of drug-likeness (QED) is 0.754. The van der Waals surface area contributed by atoms with Crippen molar-refractivity contribution in [1.29, 1.82) is 0 Å². The summed E-state index contributed by atoms with van der Waals surface area (Å²) in [5.41, 5.74) is 0.0233. The second-order valence-corrected chi connectivity index (χ2v) is 4.94. The lowest BCUT2D eigenvalue weighted by molar-refractivity contribution is -0.172. The molecule has 0 bridgehead atoms. The zero-order valence-electron chi connectivity index (χ0n) is 10.4. The molecule has 0 unspecified atom stereocenters. The van der Waals surface area contributed by atoms with E-state index < -0.39 is 29.6 Å². The van der Waals surface area contributed by atoms with Crippen molar-refractivity contribution >= 4 is 5.78 Å². The Balaban J connectivity index is 3.06. The minimum Gasteiger partial charge on any atom is -0.290 e. The highest BCUT2D eigenvalue weighted by Gasteiger charge is 2.41. The molecule has 0 aromatic heterocycles. The summed E-state index contributed by atoms with van der Waals surface area (Å²) in [7, 11) is 0. The molecule has 100 valence electrons. The van der Waals surface area contributed by atoms with Gasteiger partial charge >= 0.3 is 6.18 Å². The highest BCUT2D eigenvalue weighted by molar-refractivity contribution is 5.85. The van der Waals surface area contributed by atoms with Gasteiger partial charge in [-0.15, -0.1) is 0 Å². The van der Waals surface area contributed by atoms with Gasteiger partial charge in [0.15, 0.2) is 0 Å². The van der Waals surface area contributed by atoms with Gasteiger partial charge in [0.1, 0.15) is 5.82 Å². The number of carbonyl (C=O) groups is 1. The van der Waals surface area contributed by atoms with Crippen molar-refractivity contribution in [2.45, 2.75) is 38.8 Å². The van der Waals surface area contributed by atoms with Crippen molar-refractivity contribution in [3.63, 3.8) is 0 Å². The van der Waals surface area contributed by atoms with Crippen LogP contribution in [0.2, 0.25) is 0 Å². The van der Waals surface area contributed by atoms with E-state index >= 15 is 0 Å². The van der Waals surface area contributed by atoms with Crippen LogP contribution in [0.3, 0.4) is 0 Å². The summed E-state index contributed by atoms with van der Waals surface area (Å²) in [5, 5.41) is 0. The first-order chi connectivity index (χ1) is 8.04. The maximum Gasteiger partial charge on any atom is 0.450 e. The zero-order chi connectivity index (χ0) is 14.1. The van der Waals surface area contributed by atoms with E-state index in [2.05, 4.69) is 0 Å². The van der Waals surface area contributed by atoms with E-state index in [1.807, 2.05) is 0 Å². The number of alkyl halides is 3. The van der Waals surface area contributed by atoms with Crippen LogP contribution >= 0.6 is 0 Å². The second kappa shape index (κ2) is 4.71. The first-order valence-electron chi connectivity index (χ1n) is 5.41. The van der Waals surface area contributed by atoms with Crippen molar-refractivity contribution in [1.82, 2.24) is 0 Å². The van der Waals surface area contributed by atoms with Crippen molar-refractivity contribution in [3.8, 4) is 0 Å². The van der Waals surface area contributed by atoms with E-state index in [1.165, 1.54) is 32.0 Å². The normalized spacial score (nSPS) is 12.6. The van der Waals surface area contributed by atoms with Gasteiger partial charge in [0.25, 0.3) is 0 Å².